The zero-order valence-electron chi connectivity index (χ0n) is 18.2. The lowest BCUT2D eigenvalue weighted by atomic mass is 9.81. The zero-order valence-corrected chi connectivity index (χ0v) is 18.2. The lowest BCUT2D eigenvalue weighted by Gasteiger charge is -2.26. The first-order valence-electron chi connectivity index (χ1n) is 11.1. The summed E-state index contributed by atoms with van der Waals surface area (Å²) in [5, 5.41) is 5.98. The van der Waals surface area contributed by atoms with E-state index in [2.05, 4.69) is 20.6 Å². The van der Waals surface area contributed by atoms with E-state index in [0.29, 0.717) is 37.7 Å². The van der Waals surface area contributed by atoms with Crippen molar-refractivity contribution >= 4 is 17.5 Å². The molecule has 7 heteroatoms. The fourth-order valence-electron chi connectivity index (χ4n) is 3.97. The maximum Gasteiger partial charge on any atom is 0.224 e. The second-order valence-electron chi connectivity index (χ2n) is 8.11. The van der Waals surface area contributed by atoms with E-state index in [1.165, 1.54) is 0 Å². The Hall–Kier alpha value is -2.93. The molecule has 5 N–H and O–H groups in total. The molecule has 2 aromatic rings. The van der Waals surface area contributed by atoms with Gasteiger partial charge in [-0.05, 0) is 57.6 Å². The number of benzene rings is 1. The number of allylic oxidation sites excluding steroid dienone is 2. The van der Waals surface area contributed by atoms with Gasteiger partial charge >= 0.3 is 0 Å². The van der Waals surface area contributed by atoms with Gasteiger partial charge in [0.15, 0.2) is 0 Å². The van der Waals surface area contributed by atoms with Gasteiger partial charge in [0, 0.05) is 24.1 Å². The topological polar surface area (TPSA) is 113 Å². The quantitative estimate of drug-likeness (QED) is 0.460. The highest BCUT2D eigenvalue weighted by Gasteiger charge is 2.25. The van der Waals surface area contributed by atoms with Crippen molar-refractivity contribution in [1.29, 1.82) is 0 Å². The number of para-hydroxylation sites is 1. The molecule has 166 valence electrons. The molecule has 3 rings (SSSR count). The van der Waals surface area contributed by atoms with Crippen molar-refractivity contribution in [3.63, 3.8) is 0 Å². The molecule has 0 atom stereocenters. The van der Waals surface area contributed by atoms with E-state index >= 15 is 0 Å². The Morgan fingerprint density at radius 3 is 2.74 bits per heavy atom. The van der Waals surface area contributed by atoms with Gasteiger partial charge in [0.05, 0.1) is 17.9 Å². The van der Waals surface area contributed by atoms with E-state index in [-0.39, 0.29) is 17.7 Å². The average molecular weight is 424 g/mol. The Bertz CT molecular complexity index is 897. The van der Waals surface area contributed by atoms with Gasteiger partial charge in [0.25, 0.3) is 0 Å². The van der Waals surface area contributed by atoms with Gasteiger partial charge in [-0.15, -0.1) is 0 Å². The maximum atomic E-state index is 12.5. The number of nitrogens with two attached hydrogens (primary N) is 1. The molecular formula is C24H33N5O2. The van der Waals surface area contributed by atoms with Gasteiger partial charge < -0.3 is 21.4 Å². The molecule has 1 aromatic carbocycles. The minimum absolute atomic E-state index is 0.0297. The van der Waals surface area contributed by atoms with E-state index in [9.17, 15) is 9.59 Å². The van der Waals surface area contributed by atoms with E-state index < -0.39 is 0 Å². The molecule has 1 heterocycles. The van der Waals surface area contributed by atoms with E-state index in [4.69, 9.17) is 5.73 Å². The van der Waals surface area contributed by atoms with E-state index in [1.54, 1.807) is 6.20 Å². The largest absolute Gasteiger partial charge is 0.349 e. The number of amides is 2. The number of rotatable bonds is 9. The molecule has 1 fully saturated rings. The minimum Gasteiger partial charge on any atom is -0.349 e. The van der Waals surface area contributed by atoms with Crippen LogP contribution in [0.1, 0.15) is 51.3 Å². The van der Waals surface area contributed by atoms with Gasteiger partial charge in [-0.3, -0.25) is 9.59 Å². The predicted octanol–water partition coefficient (Wildman–Crippen LogP) is 3.75. The third-order valence-electron chi connectivity index (χ3n) is 5.86. The van der Waals surface area contributed by atoms with Crippen molar-refractivity contribution in [3.8, 4) is 11.3 Å². The van der Waals surface area contributed by atoms with Gasteiger partial charge in [-0.1, -0.05) is 30.4 Å². The Labute approximate surface area is 183 Å². The molecule has 1 aliphatic rings. The van der Waals surface area contributed by atoms with Crippen LogP contribution in [0, 0.1) is 11.8 Å². The van der Waals surface area contributed by atoms with Crippen LogP contribution < -0.4 is 16.4 Å². The van der Waals surface area contributed by atoms with Gasteiger partial charge in [-0.2, -0.15) is 0 Å². The first-order valence-corrected chi connectivity index (χ1v) is 11.1. The molecule has 1 saturated carbocycles. The second-order valence-corrected chi connectivity index (χ2v) is 8.11. The first-order chi connectivity index (χ1) is 15.1. The summed E-state index contributed by atoms with van der Waals surface area (Å²) in [5.41, 5.74) is 8.04. The number of nitrogens with zero attached hydrogens (tertiary/aromatic N) is 1. The van der Waals surface area contributed by atoms with Crippen LogP contribution in [-0.4, -0.2) is 28.3 Å². The average Bonchev–Trinajstić information content (AvgIpc) is 3.27. The minimum atomic E-state index is -0.0297. The van der Waals surface area contributed by atoms with Crippen LogP contribution in [0.25, 0.3) is 11.3 Å². The normalized spacial score (nSPS) is 18.8. The molecule has 1 aliphatic carbocycles. The molecule has 0 saturated heterocycles. The molecule has 7 nitrogen and oxygen atoms in total. The monoisotopic (exact) mass is 423 g/mol. The number of carbonyl (C=O) groups is 2. The fourth-order valence-corrected chi connectivity index (χ4v) is 3.97. The summed E-state index contributed by atoms with van der Waals surface area (Å²) in [4.78, 5) is 32.5. The first kappa shape index (κ1) is 22.7. The lowest BCUT2D eigenvalue weighted by molar-refractivity contribution is -0.126. The van der Waals surface area contributed by atoms with Crippen LogP contribution >= 0.6 is 0 Å². The third-order valence-corrected chi connectivity index (χ3v) is 5.86. The summed E-state index contributed by atoms with van der Waals surface area (Å²) in [6, 6.07) is 7.60. The Morgan fingerprint density at radius 2 is 2.00 bits per heavy atom. The molecule has 2 amide bonds. The van der Waals surface area contributed by atoms with Crippen LogP contribution in [0.5, 0.6) is 0 Å². The molecular weight excluding hydrogens is 390 g/mol. The Morgan fingerprint density at radius 1 is 1.23 bits per heavy atom. The van der Waals surface area contributed by atoms with Crippen molar-refractivity contribution in [3.05, 3.63) is 48.4 Å². The number of nitrogens with one attached hydrogen (secondary N) is 3. The summed E-state index contributed by atoms with van der Waals surface area (Å²) in [6.45, 7) is 3.01. The predicted molar refractivity (Wildman–Crippen MR) is 123 cm³/mol. The van der Waals surface area contributed by atoms with Gasteiger partial charge in [0.2, 0.25) is 11.8 Å². The molecule has 0 spiro atoms. The molecule has 1 aromatic heterocycles. The summed E-state index contributed by atoms with van der Waals surface area (Å²) >= 11 is 0. The Balaban J connectivity index is 1.57. The molecule has 0 aliphatic heterocycles. The highest BCUT2D eigenvalue weighted by Crippen LogP contribution is 2.29. The highest BCUT2D eigenvalue weighted by atomic mass is 16.2. The number of imidazole rings is 1. The number of H-pyrrole nitrogens is 1. The van der Waals surface area contributed by atoms with Crippen LogP contribution in [0.2, 0.25) is 0 Å². The molecule has 31 heavy (non-hydrogen) atoms. The molecule has 0 radical (unpaired) electrons. The number of aromatic amines is 1. The van der Waals surface area contributed by atoms with Crippen molar-refractivity contribution in [1.82, 2.24) is 15.3 Å². The Kier molecular flexibility index (Phi) is 8.41. The van der Waals surface area contributed by atoms with Gasteiger partial charge in [-0.25, -0.2) is 4.98 Å². The maximum absolute atomic E-state index is 12.5. The zero-order chi connectivity index (χ0) is 22.1. The fraction of sp³-hybridized carbons (Fsp3) is 0.458. The number of carbonyl (C=O) groups excluding carboxylic acids is 2. The number of anilines is 1. The number of hydrogen-bond donors (Lipinski definition) is 4. The summed E-state index contributed by atoms with van der Waals surface area (Å²) in [6.07, 6.45) is 10.7. The van der Waals surface area contributed by atoms with Crippen molar-refractivity contribution < 1.29 is 9.59 Å². The van der Waals surface area contributed by atoms with Crippen LogP contribution in [-0.2, 0) is 16.1 Å². The third kappa shape index (κ3) is 6.52. The van der Waals surface area contributed by atoms with Gasteiger partial charge in [0.1, 0.15) is 5.82 Å². The van der Waals surface area contributed by atoms with Crippen LogP contribution in [0.4, 0.5) is 5.69 Å². The molecule has 0 unspecified atom stereocenters. The SMILES string of the molecule is C/C=C/CCC(=O)Nc1ccccc1-c1c[nH]c(CNC(=O)[C@H]2CC[C@H](CN)CC2)n1. The summed E-state index contributed by atoms with van der Waals surface area (Å²) in [5.74, 6) is 1.37. The van der Waals surface area contributed by atoms with Crippen molar-refractivity contribution in [2.45, 2.75) is 52.0 Å². The van der Waals surface area contributed by atoms with Crippen LogP contribution in [0.3, 0.4) is 0 Å². The summed E-state index contributed by atoms with van der Waals surface area (Å²) in [7, 11) is 0. The highest BCUT2D eigenvalue weighted by molar-refractivity contribution is 5.95. The second kappa shape index (κ2) is 11.5. The van der Waals surface area contributed by atoms with Crippen LogP contribution in [0.15, 0.2) is 42.6 Å². The number of aromatic nitrogens is 2. The number of hydrogen-bond acceptors (Lipinski definition) is 4. The lowest BCUT2D eigenvalue weighted by Crippen LogP contribution is -2.34. The molecule has 0 bridgehead atoms. The summed E-state index contributed by atoms with van der Waals surface area (Å²) < 4.78 is 0. The standard InChI is InChI=1S/C24H33N5O2/c1-2-3-4-9-23(30)29-20-8-6-5-7-19(20)21-15-26-22(28-21)16-27-24(31)18-12-10-17(14-25)11-13-18/h2-3,5-8,15,17-18H,4,9-14,16,25H2,1H3,(H,26,28)(H,27,31)(H,29,30)/b3-2+/t17-,18-. The van der Waals surface area contributed by atoms with E-state index in [1.807, 2.05) is 43.3 Å². The van der Waals surface area contributed by atoms with E-state index in [0.717, 1.165) is 42.6 Å². The smallest absolute Gasteiger partial charge is 0.224 e. The van der Waals surface area contributed by atoms with Crippen molar-refractivity contribution in [2.75, 3.05) is 11.9 Å². The van der Waals surface area contributed by atoms with Crippen molar-refractivity contribution in [2.24, 2.45) is 17.6 Å².